The number of amides is 1. The number of carbonyl (C=O) groups is 1. The summed E-state index contributed by atoms with van der Waals surface area (Å²) < 4.78 is 13.3. The van der Waals surface area contributed by atoms with Gasteiger partial charge in [0.05, 0.1) is 5.56 Å². The molecule has 3 aromatic rings. The molecule has 28 heavy (non-hydrogen) atoms. The van der Waals surface area contributed by atoms with Gasteiger partial charge in [0, 0.05) is 43.8 Å². The van der Waals surface area contributed by atoms with Crippen molar-refractivity contribution in [3.05, 3.63) is 84.3 Å². The molecule has 5 nitrogen and oxygen atoms in total. The van der Waals surface area contributed by atoms with Crippen LogP contribution in [0.4, 0.5) is 21.6 Å². The third-order valence-electron chi connectivity index (χ3n) is 4.80. The molecule has 0 atom stereocenters. The molecule has 1 amide bonds. The van der Waals surface area contributed by atoms with E-state index in [1.807, 2.05) is 23.1 Å². The van der Waals surface area contributed by atoms with E-state index in [4.69, 9.17) is 0 Å². The van der Waals surface area contributed by atoms with Crippen LogP contribution in [0.5, 0.6) is 0 Å². The highest BCUT2D eigenvalue weighted by Gasteiger charge is 2.22. The van der Waals surface area contributed by atoms with Gasteiger partial charge in [-0.3, -0.25) is 4.79 Å². The smallest absolute Gasteiger partial charge is 0.255 e. The van der Waals surface area contributed by atoms with Crippen LogP contribution in [0.3, 0.4) is 0 Å². The van der Waals surface area contributed by atoms with Crippen LogP contribution in [-0.4, -0.2) is 42.0 Å². The summed E-state index contributed by atoms with van der Waals surface area (Å²) in [6, 6.07) is 19.9. The number of pyridine rings is 1. The number of piperazine rings is 1. The minimum Gasteiger partial charge on any atom is -0.368 e. The normalized spacial score (nSPS) is 14.0. The molecule has 0 saturated carbocycles. The molecule has 0 bridgehead atoms. The van der Waals surface area contributed by atoms with E-state index >= 15 is 0 Å². The van der Waals surface area contributed by atoms with Crippen LogP contribution >= 0.6 is 0 Å². The van der Waals surface area contributed by atoms with Gasteiger partial charge in [0.25, 0.3) is 5.91 Å². The fourth-order valence-electron chi connectivity index (χ4n) is 3.30. The number of carbonyl (C=O) groups excluding carboxylic acids is 1. The number of nitrogens with one attached hydrogen (secondary N) is 1. The van der Waals surface area contributed by atoms with Gasteiger partial charge >= 0.3 is 0 Å². The molecule has 1 aliphatic rings. The fraction of sp³-hybridized carbons (Fsp3) is 0.182. The van der Waals surface area contributed by atoms with Gasteiger partial charge in [0.2, 0.25) is 0 Å². The first-order chi connectivity index (χ1) is 13.7. The summed E-state index contributed by atoms with van der Waals surface area (Å²) in [6.45, 7) is 2.97. The van der Waals surface area contributed by atoms with E-state index in [0.29, 0.717) is 30.2 Å². The van der Waals surface area contributed by atoms with Gasteiger partial charge < -0.3 is 15.1 Å². The van der Waals surface area contributed by atoms with E-state index in [0.717, 1.165) is 13.1 Å². The number of anilines is 3. The lowest BCUT2D eigenvalue weighted by atomic mass is 10.2. The predicted octanol–water partition coefficient (Wildman–Crippen LogP) is 3.93. The Hall–Kier alpha value is -3.41. The molecule has 1 N–H and O–H groups in total. The quantitative estimate of drug-likeness (QED) is 0.750. The SMILES string of the molecule is O=C(c1ccc(Nc2cccc(F)c2)nc1)N1CCN(c2ccccc2)CC1. The van der Waals surface area contributed by atoms with Crippen LogP contribution in [0.25, 0.3) is 0 Å². The maximum Gasteiger partial charge on any atom is 0.255 e. The molecule has 142 valence electrons. The Morgan fingerprint density at radius 3 is 2.39 bits per heavy atom. The first kappa shape index (κ1) is 18.0. The van der Waals surface area contributed by atoms with Crippen LogP contribution in [0, 0.1) is 5.82 Å². The van der Waals surface area contributed by atoms with E-state index in [9.17, 15) is 9.18 Å². The molecular formula is C22H21FN4O. The molecule has 0 unspecified atom stereocenters. The minimum absolute atomic E-state index is 0.0162. The second-order valence-corrected chi connectivity index (χ2v) is 6.68. The van der Waals surface area contributed by atoms with Crippen molar-refractivity contribution < 1.29 is 9.18 Å². The maximum atomic E-state index is 13.3. The second-order valence-electron chi connectivity index (χ2n) is 6.68. The van der Waals surface area contributed by atoms with Gasteiger partial charge in [-0.15, -0.1) is 0 Å². The Balaban J connectivity index is 1.36. The zero-order valence-electron chi connectivity index (χ0n) is 15.4. The monoisotopic (exact) mass is 376 g/mol. The third kappa shape index (κ3) is 4.11. The molecule has 1 saturated heterocycles. The van der Waals surface area contributed by atoms with Gasteiger partial charge in [-0.05, 0) is 42.5 Å². The lowest BCUT2D eigenvalue weighted by Crippen LogP contribution is -2.48. The van der Waals surface area contributed by atoms with Crippen molar-refractivity contribution in [2.75, 3.05) is 36.4 Å². The average molecular weight is 376 g/mol. The minimum atomic E-state index is -0.313. The zero-order valence-corrected chi connectivity index (χ0v) is 15.4. The summed E-state index contributed by atoms with van der Waals surface area (Å²) >= 11 is 0. The molecule has 0 aliphatic carbocycles. The molecule has 4 rings (SSSR count). The third-order valence-corrected chi connectivity index (χ3v) is 4.80. The molecule has 1 aromatic heterocycles. The van der Waals surface area contributed by atoms with Crippen LogP contribution < -0.4 is 10.2 Å². The number of para-hydroxylation sites is 1. The van der Waals surface area contributed by atoms with Crippen molar-refractivity contribution in [1.82, 2.24) is 9.88 Å². The van der Waals surface area contributed by atoms with E-state index in [1.165, 1.54) is 17.8 Å². The number of benzene rings is 2. The van der Waals surface area contributed by atoms with Crippen molar-refractivity contribution in [3.8, 4) is 0 Å². The van der Waals surface area contributed by atoms with Crippen molar-refractivity contribution in [1.29, 1.82) is 0 Å². The Bertz CT molecular complexity index is 938. The lowest BCUT2D eigenvalue weighted by Gasteiger charge is -2.36. The zero-order chi connectivity index (χ0) is 19.3. The molecular weight excluding hydrogens is 355 g/mol. The molecule has 2 aromatic carbocycles. The Morgan fingerprint density at radius 1 is 0.929 bits per heavy atom. The summed E-state index contributed by atoms with van der Waals surface area (Å²) in [5.41, 5.74) is 2.35. The first-order valence-corrected chi connectivity index (χ1v) is 9.27. The standard InChI is InChI=1S/C22H21FN4O/c23-18-5-4-6-19(15-18)25-21-10-9-17(16-24-21)22(28)27-13-11-26(12-14-27)20-7-2-1-3-8-20/h1-10,15-16H,11-14H2,(H,24,25). The lowest BCUT2D eigenvalue weighted by molar-refractivity contribution is 0.0746. The molecule has 1 fully saturated rings. The number of aromatic nitrogens is 1. The van der Waals surface area contributed by atoms with Crippen LogP contribution in [-0.2, 0) is 0 Å². The van der Waals surface area contributed by atoms with Crippen LogP contribution in [0.15, 0.2) is 72.9 Å². The van der Waals surface area contributed by atoms with Crippen molar-refractivity contribution >= 4 is 23.1 Å². The van der Waals surface area contributed by atoms with E-state index in [1.54, 1.807) is 30.5 Å². The highest BCUT2D eigenvalue weighted by Crippen LogP contribution is 2.18. The van der Waals surface area contributed by atoms with Gasteiger partial charge in [0.1, 0.15) is 11.6 Å². The fourth-order valence-corrected chi connectivity index (χ4v) is 3.30. The van der Waals surface area contributed by atoms with Crippen molar-refractivity contribution in [3.63, 3.8) is 0 Å². The highest BCUT2D eigenvalue weighted by molar-refractivity contribution is 5.94. The van der Waals surface area contributed by atoms with Gasteiger partial charge in [-0.2, -0.15) is 0 Å². The molecule has 1 aliphatic heterocycles. The number of rotatable bonds is 4. The van der Waals surface area contributed by atoms with Gasteiger partial charge in [-0.25, -0.2) is 9.37 Å². The largest absolute Gasteiger partial charge is 0.368 e. The number of halogens is 1. The Morgan fingerprint density at radius 2 is 1.71 bits per heavy atom. The van der Waals surface area contributed by atoms with E-state index in [-0.39, 0.29) is 11.7 Å². The number of hydrogen-bond donors (Lipinski definition) is 1. The summed E-state index contributed by atoms with van der Waals surface area (Å²) in [4.78, 5) is 21.2. The highest BCUT2D eigenvalue weighted by atomic mass is 19.1. The van der Waals surface area contributed by atoms with Gasteiger partial charge in [0.15, 0.2) is 0 Å². The number of hydrogen-bond acceptors (Lipinski definition) is 4. The molecule has 6 heteroatoms. The van der Waals surface area contributed by atoms with Gasteiger partial charge in [-0.1, -0.05) is 24.3 Å². The van der Waals surface area contributed by atoms with Crippen molar-refractivity contribution in [2.24, 2.45) is 0 Å². The summed E-state index contributed by atoms with van der Waals surface area (Å²) in [7, 11) is 0. The first-order valence-electron chi connectivity index (χ1n) is 9.27. The van der Waals surface area contributed by atoms with E-state index in [2.05, 4.69) is 27.3 Å². The summed E-state index contributed by atoms with van der Waals surface area (Å²) in [5.74, 6) is 0.236. The molecule has 0 radical (unpaired) electrons. The van der Waals surface area contributed by atoms with Crippen LogP contribution in [0.2, 0.25) is 0 Å². The van der Waals surface area contributed by atoms with Crippen molar-refractivity contribution in [2.45, 2.75) is 0 Å². The topological polar surface area (TPSA) is 48.5 Å². The Labute approximate surface area is 163 Å². The summed E-state index contributed by atoms with van der Waals surface area (Å²) in [6.07, 6.45) is 1.56. The molecule has 0 spiro atoms. The van der Waals surface area contributed by atoms with E-state index < -0.39 is 0 Å². The Kier molecular flexibility index (Phi) is 5.19. The maximum absolute atomic E-state index is 13.3. The molecule has 2 heterocycles. The second kappa shape index (κ2) is 8.08. The van der Waals surface area contributed by atoms with Crippen LogP contribution in [0.1, 0.15) is 10.4 Å². The average Bonchev–Trinajstić information content (AvgIpc) is 2.75. The summed E-state index contributed by atoms with van der Waals surface area (Å²) in [5, 5.41) is 3.03. The predicted molar refractivity (Wildman–Crippen MR) is 108 cm³/mol. The number of nitrogens with zero attached hydrogens (tertiary/aromatic N) is 3.